The second-order valence-electron chi connectivity index (χ2n) is 13.0. The minimum atomic E-state index is -0.977. The number of benzene rings is 3. The highest BCUT2D eigenvalue weighted by Gasteiger charge is 2.23. The van der Waals surface area contributed by atoms with E-state index in [1.165, 1.54) is 42.6 Å². The number of nitrogens with zero attached hydrogens (tertiary/aromatic N) is 2. The fourth-order valence-electron chi connectivity index (χ4n) is 6.21. The smallest absolute Gasteiger partial charge is 0.343 e. The Balaban J connectivity index is 1.23. The Morgan fingerprint density at radius 3 is 2.42 bits per heavy atom. The van der Waals surface area contributed by atoms with Crippen LogP contribution in [0.25, 0.3) is 10.2 Å². The molecule has 1 heterocycles. The second kappa shape index (κ2) is 20.6. The minimum absolute atomic E-state index is 0.174. The van der Waals surface area contributed by atoms with E-state index in [4.69, 9.17) is 23.7 Å². The average Bonchev–Trinajstić information content (AvgIpc) is 3.62. The van der Waals surface area contributed by atoms with Gasteiger partial charge in [0.15, 0.2) is 6.10 Å². The summed E-state index contributed by atoms with van der Waals surface area (Å²) < 4.78 is 28.0. The first kappa shape index (κ1) is 40.4. The summed E-state index contributed by atoms with van der Waals surface area (Å²) in [6.07, 6.45) is 9.55. The van der Waals surface area contributed by atoms with Crippen molar-refractivity contribution in [2.75, 3.05) is 25.2 Å². The van der Waals surface area contributed by atoms with Crippen LogP contribution in [0.15, 0.2) is 97.1 Å². The topological polar surface area (TPSA) is 152 Å². The number of carbonyl (C=O) groups excluding carboxylic acids is 4. The number of hydrazone groups is 1. The molecule has 0 aliphatic heterocycles. The van der Waals surface area contributed by atoms with E-state index in [1.807, 2.05) is 36.4 Å². The van der Waals surface area contributed by atoms with E-state index in [0.717, 1.165) is 41.1 Å². The lowest BCUT2D eigenvalue weighted by atomic mass is 9.77. The molecule has 55 heavy (non-hydrogen) atoms. The van der Waals surface area contributed by atoms with Gasteiger partial charge in [-0.25, -0.2) is 19.4 Å². The summed E-state index contributed by atoms with van der Waals surface area (Å²) in [7, 11) is 0. The Labute approximate surface area is 324 Å². The molecule has 1 atom stereocenters. The maximum atomic E-state index is 13.4. The van der Waals surface area contributed by atoms with Crippen molar-refractivity contribution >= 4 is 56.8 Å². The van der Waals surface area contributed by atoms with Gasteiger partial charge in [-0.2, -0.15) is 5.10 Å². The summed E-state index contributed by atoms with van der Waals surface area (Å²) in [5.74, 6) is -0.709. The van der Waals surface area contributed by atoms with Crippen LogP contribution in [0.4, 0.5) is 5.13 Å². The van der Waals surface area contributed by atoms with Gasteiger partial charge in [0.05, 0.1) is 28.4 Å². The molecule has 0 saturated heterocycles. The molecule has 0 amide bonds. The first-order valence-electron chi connectivity index (χ1n) is 18.3. The molecular formula is C42H45N3O9S. The molecular weight excluding hydrogens is 723 g/mol. The lowest BCUT2D eigenvalue weighted by molar-refractivity contribution is -0.160. The summed E-state index contributed by atoms with van der Waals surface area (Å²) >= 11 is 1.50. The van der Waals surface area contributed by atoms with Crippen LogP contribution in [0.5, 0.6) is 11.5 Å². The second-order valence-corrected chi connectivity index (χ2v) is 14.0. The molecule has 13 heteroatoms. The van der Waals surface area contributed by atoms with Gasteiger partial charge in [-0.05, 0) is 91.6 Å². The van der Waals surface area contributed by atoms with E-state index in [1.54, 1.807) is 30.5 Å². The zero-order valence-corrected chi connectivity index (χ0v) is 31.6. The van der Waals surface area contributed by atoms with Crippen LogP contribution >= 0.6 is 11.3 Å². The van der Waals surface area contributed by atoms with Crippen LogP contribution in [-0.2, 0) is 28.6 Å². The van der Waals surface area contributed by atoms with E-state index >= 15 is 0 Å². The zero-order chi connectivity index (χ0) is 39.0. The molecule has 1 fully saturated rings. The third-order valence-corrected chi connectivity index (χ3v) is 9.97. The van der Waals surface area contributed by atoms with Gasteiger partial charge in [0.2, 0.25) is 5.13 Å². The normalized spacial score (nSPS) is 15.8. The lowest BCUT2D eigenvalue weighted by Gasteiger charge is -2.29. The van der Waals surface area contributed by atoms with Crippen LogP contribution in [0.1, 0.15) is 79.3 Å². The van der Waals surface area contributed by atoms with Crippen molar-refractivity contribution in [3.63, 3.8) is 0 Å². The van der Waals surface area contributed by atoms with E-state index in [9.17, 15) is 19.2 Å². The molecule has 1 aromatic heterocycles. The number of esters is 4. The Kier molecular flexibility index (Phi) is 15.1. The van der Waals surface area contributed by atoms with Crippen molar-refractivity contribution in [1.29, 1.82) is 0 Å². The molecule has 1 saturated carbocycles. The first-order valence-corrected chi connectivity index (χ1v) is 19.1. The summed E-state index contributed by atoms with van der Waals surface area (Å²) in [5.41, 5.74) is 6.04. The maximum absolute atomic E-state index is 13.4. The lowest BCUT2D eigenvalue weighted by Crippen LogP contribution is -2.31. The number of hydrogen-bond acceptors (Lipinski definition) is 13. The molecule has 0 spiro atoms. The molecule has 0 radical (unpaired) electrons. The van der Waals surface area contributed by atoms with Crippen LogP contribution in [0.3, 0.4) is 0 Å². The molecule has 12 nitrogen and oxygen atoms in total. The van der Waals surface area contributed by atoms with E-state index in [0.29, 0.717) is 28.1 Å². The number of hydrogen-bond donors (Lipinski definition) is 1. The van der Waals surface area contributed by atoms with Gasteiger partial charge in [0.25, 0.3) is 0 Å². The molecule has 0 bridgehead atoms. The number of fused-ring (bicyclic) bond motifs is 1. The molecule has 3 aromatic carbocycles. The number of para-hydroxylation sites is 1. The molecule has 1 unspecified atom stereocenters. The predicted molar refractivity (Wildman–Crippen MR) is 211 cm³/mol. The molecule has 1 N–H and O–H groups in total. The van der Waals surface area contributed by atoms with Crippen molar-refractivity contribution < 1.29 is 42.9 Å². The Hall–Kier alpha value is -5.82. The van der Waals surface area contributed by atoms with Crippen molar-refractivity contribution in [3.8, 4) is 11.5 Å². The van der Waals surface area contributed by atoms with Gasteiger partial charge in [0, 0.05) is 17.7 Å². The third-order valence-electron chi connectivity index (χ3n) is 9.03. The van der Waals surface area contributed by atoms with Gasteiger partial charge in [-0.15, -0.1) is 0 Å². The Bertz CT molecular complexity index is 1950. The third kappa shape index (κ3) is 12.4. The van der Waals surface area contributed by atoms with Crippen LogP contribution in [0, 0.1) is 5.92 Å². The molecule has 4 aromatic rings. The largest absolute Gasteiger partial charge is 0.490 e. The van der Waals surface area contributed by atoms with Crippen LogP contribution < -0.4 is 14.9 Å². The number of rotatable bonds is 19. The monoisotopic (exact) mass is 767 g/mol. The van der Waals surface area contributed by atoms with Gasteiger partial charge < -0.3 is 23.7 Å². The zero-order valence-electron chi connectivity index (χ0n) is 30.8. The SMILES string of the molecule is C=CC(=O)OCCC(=O)OC(COC(=O)C=C)COc1ccc(C(=O)Oc2ccc(C3CCC(CCC)CC3)cc2/C=N/Nc2nc3ccccc3s2)cc1. The van der Waals surface area contributed by atoms with Crippen molar-refractivity contribution in [2.45, 2.75) is 63.9 Å². The highest BCUT2D eigenvalue weighted by Crippen LogP contribution is 2.38. The van der Waals surface area contributed by atoms with E-state index < -0.39 is 30.0 Å². The molecule has 288 valence electrons. The maximum Gasteiger partial charge on any atom is 0.343 e. The average molecular weight is 768 g/mol. The number of carbonyl (C=O) groups is 4. The van der Waals surface area contributed by atoms with Gasteiger partial charge in [-0.1, -0.05) is 62.5 Å². The number of aromatic nitrogens is 1. The highest BCUT2D eigenvalue weighted by molar-refractivity contribution is 7.22. The van der Waals surface area contributed by atoms with Gasteiger partial charge in [0.1, 0.15) is 31.3 Å². The summed E-state index contributed by atoms with van der Waals surface area (Å²) in [6.45, 7) is 8.21. The first-order chi connectivity index (χ1) is 26.7. The summed E-state index contributed by atoms with van der Waals surface area (Å²) in [4.78, 5) is 53.1. The standard InChI is InChI=1S/C42H45N3O9S/c1-4-9-28-12-14-29(15-13-28)31-18-21-36(32(24-31)25-43-45-42-44-35-10-7-8-11-37(35)55-42)54-41(49)30-16-19-33(20-17-30)51-26-34(27-52-39(47)6-3)53-40(48)22-23-50-38(46)5-2/h5-8,10-11,16-21,24-25,28-29,34H,2-4,9,12-15,22-23,26-27H2,1H3,(H,44,45)/b43-25+. The minimum Gasteiger partial charge on any atom is -0.490 e. The van der Waals surface area contributed by atoms with Crippen molar-refractivity contribution in [1.82, 2.24) is 4.98 Å². The Morgan fingerprint density at radius 1 is 0.945 bits per heavy atom. The fraction of sp³-hybridized carbons (Fsp3) is 0.333. The molecule has 1 aliphatic rings. The number of anilines is 1. The van der Waals surface area contributed by atoms with Crippen molar-refractivity contribution in [2.24, 2.45) is 11.0 Å². The van der Waals surface area contributed by atoms with Crippen LogP contribution in [-0.4, -0.2) is 61.0 Å². The van der Waals surface area contributed by atoms with Gasteiger partial charge in [-0.3, -0.25) is 10.2 Å². The van der Waals surface area contributed by atoms with E-state index in [2.05, 4.69) is 41.7 Å². The number of ether oxygens (including phenoxy) is 5. The Morgan fingerprint density at radius 2 is 1.69 bits per heavy atom. The summed E-state index contributed by atoms with van der Waals surface area (Å²) in [6, 6.07) is 20.0. The quantitative estimate of drug-likeness (QED) is 0.0246. The van der Waals surface area contributed by atoms with Gasteiger partial charge >= 0.3 is 23.9 Å². The number of nitrogens with one attached hydrogen (secondary N) is 1. The van der Waals surface area contributed by atoms with Crippen LogP contribution in [0.2, 0.25) is 0 Å². The molecule has 5 rings (SSSR count). The highest BCUT2D eigenvalue weighted by atomic mass is 32.1. The van der Waals surface area contributed by atoms with E-state index in [-0.39, 0.29) is 31.8 Å². The number of thiazole rings is 1. The predicted octanol–water partition coefficient (Wildman–Crippen LogP) is 8.17. The fourth-order valence-corrected chi connectivity index (χ4v) is 7.02. The summed E-state index contributed by atoms with van der Waals surface area (Å²) in [5, 5.41) is 5.12. The molecule has 1 aliphatic carbocycles. The van der Waals surface area contributed by atoms with Crippen molar-refractivity contribution in [3.05, 3.63) is 109 Å².